The molecule has 3 heterocycles. The molecule has 2 aromatic carbocycles. The van der Waals surface area contributed by atoms with Gasteiger partial charge in [0.15, 0.2) is 4.80 Å². The van der Waals surface area contributed by atoms with Crippen molar-refractivity contribution in [2.24, 2.45) is 4.99 Å². The van der Waals surface area contributed by atoms with Crippen LogP contribution in [0.25, 0.3) is 6.08 Å². The van der Waals surface area contributed by atoms with Crippen molar-refractivity contribution in [3.05, 3.63) is 113 Å². The SMILES string of the molecule is CCOC(=O)C1=C(C)N=c2s/c(=C\c3ccc(OC)c(CSc4nc(C(F)F)cc(C)c4C#N)c3)c(=O)n2C1c1ccc(OC)cc1. The lowest BCUT2D eigenvalue weighted by Crippen LogP contribution is -2.39. The number of carbonyl (C=O) groups is 1. The molecule has 0 bridgehead atoms. The maximum Gasteiger partial charge on any atom is 0.338 e. The van der Waals surface area contributed by atoms with Crippen molar-refractivity contribution >= 4 is 35.1 Å². The number of aryl methyl sites for hydroxylation is 1. The summed E-state index contributed by atoms with van der Waals surface area (Å²) in [5.41, 5.74) is 2.74. The van der Waals surface area contributed by atoms with Gasteiger partial charge in [0.2, 0.25) is 0 Å². The number of allylic oxidation sites excluding steroid dienone is 1. The monoisotopic (exact) mass is 676 g/mol. The van der Waals surface area contributed by atoms with Crippen LogP contribution in [0.3, 0.4) is 0 Å². The lowest BCUT2D eigenvalue weighted by Gasteiger charge is -2.24. The Labute approximate surface area is 277 Å². The van der Waals surface area contributed by atoms with E-state index in [9.17, 15) is 23.6 Å². The predicted octanol–water partition coefficient (Wildman–Crippen LogP) is 5.62. The van der Waals surface area contributed by atoms with Crippen molar-refractivity contribution in [2.75, 3.05) is 20.8 Å². The number of halogens is 2. The smallest absolute Gasteiger partial charge is 0.338 e. The topological polar surface area (TPSA) is 116 Å². The summed E-state index contributed by atoms with van der Waals surface area (Å²) in [4.78, 5) is 36.3. The molecule has 0 saturated heterocycles. The maximum absolute atomic E-state index is 14.0. The van der Waals surface area contributed by atoms with Crippen molar-refractivity contribution in [1.82, 2.24) is 9.55 Å². The molecule has 0 N–H and O–H groups in total. The Hall–Kier alpha value is -4.80. The third-order valence-electron chi connectivity index (χ3n) is 7.45. The van der Waals surface area contributed by atoms with E-state index in [1.54, 1.807) is 70.4 Å². The number of methoxy groups -OCH3 is 2. The summed E-state index contributed by atoms with van der Waals surface area (Å²) < 4.78 is 45.0. The molecule has 242 valence electrons. The van der Waals surface area contributed by atoms with Gasteiger partial charge >= 0.3 is 5.97 Å². The summed E-state index contributed by atoms with van der Waals surface area (Å²) in [6, 6.07) is 15.0. The predicted molar refractivity (Wildman–Crippen MR) is 175 cm³/mol. The first-order chi connectivity index (χ1) is 22.6. The highest BCUT2D eigenvalue weighted by Crippen LogP contribution is 2.34. The molecule has 9 nitrogen and oxygen atoms in total. The first-order valence-electron chi connectivity index (χ1n) is 14.4. The van der Waals surface area contributed by atoms with Gasteiger partial charge in [-0.05, 0) is 73.9 Å². The van der Waals surface area contributed by atoms with Crippen LogP contribution in [0, 0.1) is 18.3 Å². The second-order valence-electron chi connectivity index (χ2n) is 10.4. The van der Waals surface area contributed by atoms with Crippen LogP contribution in [0.2, 0.25) is 0 Å². The number of pyridine rings is 1. The molecule has 4 aromatic rings. The average molecular weight is 677 g/mol. The molecular formula is C34H30F2N4O5S2. The van der Waals surface area contributed by atoms with E-state index < -0.39 is 24.1 Å². The van der Waals surface area contributed by atoms with E-state index in [0.29, 0.717) is 48.8 Å². The number of rotatable bonds is 10. The summed E-state index contributed by atoms with van der Waals surface area (Å²) in [6.07, 6.45) is -1.04. The van der Waals surface area contributed by atoms with Crippen LogP contribution in [0.4, 0.5) is 8.78 Å². The second kappa shape index (κ2) is 14.3. The van der Waals surface area contributed by atoms with Crippen LogP contribution in [-0.4, -0.2) is 36.3 Å². The van der Waals surface area contributed by atoms with Gasteiger partial charge in [-0.2, -0.15) is 5.26 Å². The Balaban J connectivity index is 1.56. The molecule has 0 spiro atoms. The van der Waals surface area contributed by atoms with Gasteiger partial charge in [-0.25, -0.2) is 23.6 Å². The Bertz CT molecular complexity index is 2100. The van der Waals surface area contributed by atoms with E-state index in [0.717, 1.165) is 11.8 Å². The number of hydrogen-bond acceptors (Lipinski definition) is 10. The van der Waals surface area contributed by atoms with Crippen LogP contribution in [-0.2, 0) is 15.3 Å². The molecule has 0 saturated carbocycles. The average Bonchev–Trinajstić information content (AvgIpc) is 3.36. The van der Waals surface area contributed by atoms with Crippen LogP contribution in [0.15, 0.2) is 74.6 Å². The number of thioether (sulfide) groups is 1. The van der Waals surface area contributed by atoms with Gasteiger partial charge < -0.3 is 14.2 Å². The van der Waals surface area contributed by atoms with Gasteiger partial charge in [-0.1, -0.05) is 29.5 Å². The summed E-state index contributed by atoms with van der Waals surface area (Å²) in [5, 5.41) is 9.85. The molecule has 1 aliphatic heterocycles. The largest absolute Gasteiger partial charge is 0.497 e. The fraction of sp³-hybridized carbons (Fsp3) is 0.265. The fourth-order valence-corrected chi connectivity index (χ4v) is 7.30. The number of aromatic nitrogens is 2. The molecule has 0 aliphatic carbocycles. The van der Waals surface area contributed by atoms with E-state index in [-0.39, 0.29) is 34.1 Å². The lowest BCUT2D eigenvalue weighted by molar-refractivity contribution is -0.139. The molecule has 0 amide bonds. The molecule has 0 fully saturated rings. The van der Waals surface area contributed by atoms with Crippen molar-refractivity contribution in [3.8, 4) is 17.6 Å². The molecule has 13 heteroatoms. The number of nitrogens with zero attached hydrogens (tertiary/aromatic N) is 4. The van der Waals surface area contributed by atoms with Gasteiger partial charge in [0, 0.05) is 11.3 Å². The molecule has 2 aromatic heterocycles. The van der Waals surface area contributed by atoms with E-state index >= 15 is 0 Å². The van der Waals surface area contributed by atoms with Gasteiger partial charge in [0.05, 0.1) is 48.2 Å². The van der Waals surface area contributed by atoms with Gasteiger partial charge in [0.1, 0.15) is 28.3 Å². The number of benzene rings is 2. The van der Waals surface area contributed by atoms with Crippen molar-refractivity contribution in [3.63, 3.8) is 0 Å². The highest BCUT2D eigenvalue weighted by Gasteiger charge is 2.33. The highest BCUT2D eigenvalue weighted by molar-refractivity contribution is 7.98. The molecule has 1 unspecified atom stereocenters. The van der Waals surface area contributed by atoms with E-state index in [2.05, 4.69) is 16.0 Å². The second-order valence-corrected chi connectivity index (χ2v) is 12.4. The zero-order valence-corrected chi connectivity index (χ0v) is 27.8. The van der Waals surface area contributed by atoms with Crippen molar-refractivity contribution in [1.29, 1.82) is 5.26 Å². The minimum absolute atomic E-state index is 0.165. The summed E-state index contributed by atoms with van der Waals surface area (Å²) in [7, 11) is 3.08. The third kappa shape index (κ3) is 6.84. The first-order valence-corrected chi connectivity index (χ1v) is 16.2. The molecule has 47 heavy (non-hydrogen) atoms. The third-order valence-corrected chi connectivity index (χ3v) is 9.46. The zero-order chi connectivity index (χ0) is 33.8. The normalized spacial score (nSPS) is 14.4. The Morgan fingerprint density at radius 3 is 2.53 bits per heavy atom. The first kappa shape index (κ1) is 33.6. The number of alkyl halides is 2. The Morgan fingerprint density at radius 1 is 1.15 bits per heavy atom. The van der Waals surface area contributed by atoms with Crippen LogP contribution >= 0.6 is 23.1 Å². The van der Waals surface area contributed by atoms with E-state index in [1.807, 2.05) is 6.07 Å². The van der Waals surface area contributed by atoms with Crippen LogP contribution in [0.5, 0.6) is 11.5 Å². The minimum Gasteiger partial charge on any atom is -0.497 e. The summed E-state index contributed by atoms with van der Waals surface area (Å²) >= 11 is 2.34. The number of esters is 1. The Kier molecular flexibility index (Phi) is 10.2. The number of carbonyl (C=O) groups excluding carboxylic acids is 1. The molecule has 1 aliphatic rings. The molecular weight excluding hydrogens is 647 g/mol. The van der Waals surface area contributed by atoms with Gasteiger partial charge in [0.25, 0.3) is 12.0 Å². The number of hydrogen-bond donors (Lipinski definition) is 0. The van der Waals surface area contributed by atoms with Crippen molar-refractivity contribution < 1.29 is 27.8 Å². The lowest BCUT2D eigenvalue weighted by atomic mass is 9.96. The summed E-state index contributed by atoms with van der Waals surface area (Å²) in [6.45, 7) is 5.20. The quantitative estimate of drug-likeness (QED) is 0.157. The standard InChI is InChI=1S/C34H30F2N4O5S2/c1-6-45-33(42)28-19(3)38-34-40(29(28)21-8-10-23(43-4)11-9-21)32(41)27(47-34)15-20-7-12-26(44-5)22(14-20)17-46-31-24(16-37)18(2)13-25(39-31)30(35)36/h7-15,29-30H,6,17H2,1-5H3/b27-15-. The number of ether oxygens (including phenoxy) is 3. The van der Waals surface area contributed by atoms with Crippen LogP contribution in [0.1, 0.15) is 59.8 Å². The number of nitriles is 1. The summed E-state index contributed by atoms with van der Waals surface area (Å²) in [5.74, 6) is 0.888. The molecule has 1 atom stereocenters. The molecule has 5 rings (SSSR count). The maximum atomic E-state index is 14.0. The van der Waals surface area contributed by atoms with Crippen LogP contribution < -0.4 is 24.4 Å². The van der Waals surface area contributed by atoms with Gasteiger partial charge in [-0.3, -0.25) is 9.36 Å². The molecule has 0 radical (unpaired) electrons. The Morgan fingerprint density at radius 2 is 1.89 bits per heavy atom. The van der Waals surface area contributed by atoms with E-state index in [1.165, 1.54) is 29.1 Å². The number of thiazole rings is 1. The van der Waals surface area contributed by atoms with Gasteiger partial charge in [-0.15, -0.1) is 11.8 Å². The van der Waals surface area contributed by atoms with Crippen molar-refractivity contribution in [2.45, 2.75) is 44.0 Å². The highest BCUT2D eigenvalue weighted by atomic mass is 32.2. The zero-order valence-electron chi connectivity index (χ0n) is 26.2. The van der Waals surface area contributed by atoms with E-state index in [4.69, 9.17) is 14.2 Å². The fourth-order valence-electron chi connectivity index (χ4n) is 5.21. The minimum atomic E-state index is -2.77. The number of fused-ring (bicyclic) bond motifs is 1.